The number of amides is 1. The SMILES string of the molecule is CCOCCn1c(=NC(=O)c2cccc(S(=O)(=O)C(C)C)c2)sc2cc(F)cc(F)c21. The van der Waals surface area contributed by atoms with Crippen molar-refractivity contribution in [2.45, 2.75) is 37.5 Å². The third kappa shape index (κ3) is 4.91. The van der Waals surface area contributed by atoms with Crippen molar-refractivity contribution in [3.05, 3.63) is 58.4 Å². The summed E-state index contributed by atoms with van der Waals surface area (Å²) in [6, 6.07) is 7.59. The number of ether oxygens (including phenoxy) is 1. The van der Waals surface area contributed by atoms with Crippen molar-refractivity contribution in [2.75, 3.05) is 13.2 Å². The van der Waals surface area contributed by atoms with Crippen LogP contribution in [0.25, 0.3) is 10.2 Å². The molecule has 0 unspecified atom stereocenters. The van der Waals surface area contributed by atoms with Crippen LogP contribution in [-0.2, 0) is 21.1 Å². The Kier molecular flexibility index (Phi) is 7.03. The Morgan fingerprint density at radius 3 is 2.65 bits per heavy atom. The van der Waals surface area contributed by atoms with E-state index in [0.29, 0.717) is 11.3 Å². The number of hydrogen-bond donors (Lipinski definition) is 0. The van der Waals surface area contributed by atoms with Crippen LogP contribution in [0.3, 0.4) is 0 Å². The monoisotopic (exact) mass is 468 g/mol. The predicted octanol–water partition coefficient (Wildman–Crippen LogP) is 3.94. The number of sulfone groups is 1. The van der Waals surface area contributed by atoms with Gasteiger partial charge in [0, 0.05) is 24.8 Å². The summed E-state index contributed by atoms with van der Waals surface area (Å²) < 4.78 is 60.1. The molecule has 1 aromatic heterocycles. The molecule has 166 valence electrons. The van der Waals surface area contributed by atoms with Gasteiger partial charge in [0.25, 0.3) is 5.91 Å². The molecule has 2 aromatic carbocycles. The maximum absolute atomic E-state index is 14.5. The van der Waals surface area contributed by atoms with Gasteiger partial charge in [0.2, 0.25) is 0 Å². The van der Waals surface area contributed by atoms with Crippen LogP contribution in [0, 0.1) is 11.6 Å². The molecule has 0 atom stereocenters. The predicted molar refractivity (Wildman–Crippen MR) is 115 cm³/mol. The maximum atomic E-state index is 14.5. The molecule has 0 N–H and O–H groups in total. The summed E-state index contributed by atoms with van der Waals surface area (Å²) in [6.45, 7) is 5.86. The topological polar surface area (TPSA) is 77.7 Å². The molecule has 0 spiro atoms. The van der Waals surface area contributed by atoms with Crippen LogP contribution in [0.2, 0.25) is 0 Å². The molecule has 6 nitrogen and oxygen atoms in total. The van der Waals surface area contributed by atoms with Gasteiger partial charge in [-0.05, 0) is 45.0 Å². The number of fused-ring (bicyclic) bond motifs is 1. The van der Waals surface area contributed by atoms with E-state index in [0.717, 1.165) is 17.4 Å². The summed E-state index contributed by atoms with van der Waals surface area (Å²) in [5.74, 6) is -2.17. The van der Waals surface area contributed by atoms with Crippen molar-refractivity contribution in [3.63, 3.8) is 0 Å². The largest absolute Gasteiger partial charge is 0.380 e. The zero-order valence-electron chi connectivity index (χ0n) is 17.3. The lowest BCUT2D eigenvalue weighted by atomic mass is 10.2. The van der Waals surface area contributed by atoms with Crippen LogP contribution in [0.15, 0.2) is 46.3 Å². The number of carbonyl (C=O) groups is 1. The van der Waals surface area contributed by atoms with E-state index in [1.165, 1.54) is 34.9 Å². The van der Waals surface area contributed by atoms with Gasteiger partial charge >= 0.3 is 0 Å². The molecule has 0 aliphatic heterocycles. The van der Waals surface area contributed by atoms with Crippen molar-refractivity contribution in [3.8, 4) is 0 Å². The van der Waals surface area contributed by atoms with Crippen LogP contribution in [0.5, 0.6) is 0 Å². The van der Waals surface area contributed by atoms with Crippen molar-refractivity contribution >= 4 is 37.3 Å². The molecular weight excluding hydrogens is 446 g/mol. The number of hydrogen-bond acceptors (Lipinski definition) is 5. The van der Waals surface area contributed by atoms with Crippen molar-refractivity contribution in [1.29, 1.82) is 0 Å². The fourth-order valence-corrected chi connectivity index (χ4v) is 5.15. The Labute approximate surface area is 182 Å². The first-order chi connectivity index (χ1) is 14.6. The summed E-state index contributed by atoms with van der Waals surface area (Å²) in [7, 11) is -3.56. The van der Waals surface area contributed by atoms with Gasteiger partial charge in [0.1, 0.15) is 5.82 Å². The highest BCUT2D eigenvalue weighted by atomic mass is 32.2. The van der Waals surface area contributed by atoms with Crippen LogP contribution in [-0.4, -0.2) is 37.4 Å². The van der Waals surface area contributed by atoms with Gasteiger partial charge in [-0.2, -0.15) is 4.99 Å². The fourth-order valence-electron chi connectivity index (χ4n) is 2.95. The summed E-state index contributed by atoms with van der Waals surface area (Å²) in [5, 5.41) is -0.643. The van der Waals surface area contributed by atoms with Gasteiger partial charge < -0.3 is 9.30 Å². The number of rotatable bonds is 7. The minimum Gasteiger partial charge on any atom is -0.380 e. The molecule has 3 aromatic rings. The minimum atomic E-state index is -3.56. The highest BCUT2D eigenvalue weighted by Gasteiger charge is 2.20. The van der Waals surface area contributed by atoms with E-state index in [4.69, 9.17) is 4.74 Å². The molecule has 0 radical (unpaired) electrons. The lowest BCUT2D eigenvalue weighted by molar-refractivity contribution is 0.0996. The fraction of sp³-hybridized carbons (Fsp3) is 0.333. The lowest BCUT2D eigenvalue weighted by Gasteiger charge is -2.08. The van der Waals surface area contributed by atoms with Gasteiger partial charge in [-0.3, -0.25) is 4.79 Å². The average molecular weight is 469 g/mol. The first kappa shape index (κ1) is 23.2. The normalized spacial score (nSPS) is 12.8. The number of benzene rings is 2. The first-order valence-corrected chi connectivity index (χ1v) is 12.0. The van der Waals surface area contributed by atoms with Crippen LogP contribution < -0.4 is 4.80 Å². The van der Waals surface area contributed by atoms with Gasteiger partial charge in [-0.25, -0.2) is 17.2 Å². The third-order valence-electron chi connectivity index (χ3n) is 4.59. The standard InChI is InChI=1S/C21H22F2N2O4S2/c1-4-29-9-8-25-19-17(23)11-15(22)12-18(19)30-21(25)24-20(26)14-6-5-7-16(10-14)31(27,28)13(2)3/h5-7,10-13H,4,8-9H2,1-3H3. The maximum Gasteiger partial charge on any atom is 0.279 e. The number of carbonyl (C=O) groups excluding carboxylic acids is 1. The smallest absolute Gasteiger partial charge is 0.279 e. The molecule has 0 bridgehead atoms. The Balaban J connectivity index is 2.11. The molecule has 1 heterocycles. The number of halogens is 2. The number of nitrogens with zero attached hydrogens (tertiary/aromatic N) is 2. The van der Waals surface area contributed by atoms with Gasteiger partial charge in [0.15, 0.2) is 20.5 Å². The third-order valence-corrected chi connectivity index (χ3v) is 7.76. The molecular formula is C21H22F2N2O4S2. The summed E-state index contributed by atoms with van der Waals surface area (Å²) in [6.07, 6.45) is 0. The first-order valence-electron chi connectivity index (χ1n) is 9.64. The second kappa shape index (κ2) is 9.37. The summed E-state index contributed by atoms with van der Waals surface area (Å²) in [4.78, 5) is 17.1. The number of aromatic nitrogens is 1. The van der Waals surface area contributed by atoms with Crippen LogP contribution in [0.1, 0.15) is 31.1 Å². The molecule has 0 fully saturated rings. The molecule has 10 heteroatoms. The van der Waals surface area contributed by atoms with Crippen molar-refractivity contribution < 1.29 is 26.7 Å². The molecule has 0 aliphatic rings. The van der Waals surface area contributed by atoms with E-state index in [1.807, 2.05) is 6.92 Å². The van der Waals surface area contributed by atoms with E-state index in [9.17, 15) is 22.0 Å². The molecule has 0 aliphatic carbocycles. The zero-order valence-corrected chi connectivity index (χ0v) is 18.9. The Hall–Kier alpha value is -2.43. The Bertz CT molecular complexity index is 1290. The van der Waals surface area contributed by atoms with Crippen LogP contribution in [0.4, 0.5) is 8.78 Å². The Morgan fingerprint density at radius 1 is 1.23 bits per heavy atom. The molecule has 31 heavy (non-hydrogen) atoms. The highest BCUT2D eigenvalue weighted by molar-refractivity contribution is 7.92. The molecule has 1 amide bonds. The quantitative estimate of drug-likeness (QED) is 0.492. The molecule has 0 saturated heterocycles. The summed E-state index contributed by atoms with van der Waals surface area (Å²) in [5.41, 5.74) is 0.219. The average Bonchev–Trinajstić information content (AvgIpc) is 3.05. The van der Waals surface area contributed by atoms with Crippen LogP contribution >= 0.6 is 11.3 Å². The van der Waals surface area contributed by atoms with E-state index >= 15 is 0 Å². The lowest BCUT2D eigenvalue weighted by Crippen LogP contribution is -2.20. The Morgan fingerprint density at radius 2 is 1.97 bits per heavy atom. The van der Waals surface area contributed by atoms with E-state index in [1.54, 1.807) is 13.8 Å². The second-order valence-corrected chi connectivity index (χ2v) is 10.5. The van der Waals surface area contributed by atoms with Crippen molar-refractivity contribution in [2.24, 2.45) is 4.99 Å². The van der Waals surface area contributed by atoms with Gasteiger partial charge in [0.05, 0.1) is 27.0 Å². The minimum absolute atomic E-state index is 0.0252. The highest BCUT2D eigenvalue weighted by Crippen LogP contribution is 2.23. The summed E-state index contributed by atoms with van der Waals surface area (Å²) >= 11 is 0.970. The molecule has 0 saturated carbocycles. The van der Waals surface area contributed by atoms with Crippen molar-refractivity contribution in [1.82, 2.24) is 4.57 Å². The second-order valence-electron chi connectivity index (χ2n) is 7.01. The number of thiazole rings is 1. The van der Waals surface area contributed by atoms with E-state index in [-0.39, 0.29) is 33.9 Å². The zero-order chi connectivity index (χ0) is 22.8. The van der Waals surface area contributed by atoms with E-state index < -0.39 is 32.6 Å². The van der Waals surface area contributed by atoms with Gasteiger partial charge in [-0.15, -0.1) is 0 Å². The van der Waals surface area contributed by atoms with Gasteiger partial charge in [-0.1, -0.05) is 17.4 Å². The molecule has 3 rings (SSSR count). The van der Waals surface area contributed by atoms with E-state index in [2.05, 4.69) is 4.99 Å².